The highest BCUT2D eigenvalue weighted by molar-refractivity contribution is 5.36. The Labute approximate surface area is 125 Å². The largest absolute Gasteiger partial charge is 0.508 e. The van der Waals surface area contributed by atoms with E-state index < -0.39 is 11.4 Å². The molecule has 2 unspecified atom stereocenters. The van der Waals surface area contributed by atoms with Crippen LogP contribution in [0.1, 0.15) is 46.6 Å². The standard InChI is InChI=1S/C17H24O4/c1-14(2,3)17-15(4,5)9-10-19-16(17,20-21-17)12-7-6-8-13(18)11-12/h6-8,11,18H,9-10H2,1-5H3. The number of rotatable bonds is 1. The van der Waals surface area contributed by atoms with Crippen molar-refractivity contribution < 1.29 is 19.6 Å². The molecule has 2 saturated heterocycles. The van der Waals surface area contributed by atoms with Crippen LogP contribution in [-0.4, -0.2) is 17.3 Å². The van der Waals surface area contributed by atoms with Crippen molar-refractivity contribution in [3.05, 3.63) is 29.8 Å². The number of hydrogen-bond donors (Lipinski definition) is 1. The first-order chi connectivity index (χ1) is 9.66. The van der Waals surface area contributed by atoms with Gasteiger partial charge in [-0.05, 0) is 18.6 Å². The van der Waals surface area contributed by atoms with E-state index in [4.69, 9.17) is 14.5 Å². The molecule has 0 spiro atoms. The third kappa shape index (κ3) is 1.67. The van der Waals surface area contributed by atoms with Crippen LogP contribution in [0.2, 0.25) is 0 Å². The number of phenolic OH excluding ortho intramolecular Hbond substituents is 1. The number of fused-ring (bicyclic) bond motifs is 1. The predicted octanol–water partition coefficient (Wildman–Crippen LogP) is 3.74. The topological polar surface area (TPSA) is 47.9 Å². The summed E-state index contributed by atoms with van der Waals surface area (Å²) in [5.74, 6) is -0.765. The van der Waals surface area contributed by atoms with Crippen molar-refractivity contribution in [1.82, 2.24) is 0 Å². The number of ether oxygens (including phenoxy) is 1. The lowest BCUT2D eigenvalue weighted by molar-refractivity contribution is -0.664. The van der Waals surface area contributed by atoms with Gasteiger partial charge in [0.2, 0.25) is 0 Å². The van der Waals surface area contributed by atoms with Gasteiger partial charge in [0, 0.05) is 16.4 Å². The van der Waals surface area contributed by atoms with Crippen molar-refractivity contribution in [2.75, 3.05) is 6.61 Å². The van der Waals surface area contributed by atoms with E-state index in [-0.39, 0.29) is 16.6 Å². The molecule has 0 aromatic heterocycles. The molecule has 4 nitrogen and oxygen atoms in total. The van der Waals surface area contributed by atoms with Crippen molar-refractivity contribution in [2.24, 2.45) is 10.8 Å². The Morgan fingerprint density at radius 1 is 1.14 bits per heavy atom. The van der Waals surface area contributed by atoms with Crippen LogP contribution in [0, 0.1) is 10.8 Å². The average Bonchev–Trinajstić information content (AvgIpc) is 2.29. The van der Waals surface area contributed by atoms with Crippen LogP contribution >= 0.6 is 0 Å². The zero-order chi connectivity index (χ0) is 15.5. The minimum atomic E-state index is -0.967. The molecule has 1 N–H and O–H groups in total. The maximum atomic E-state index is 9.83. The zero-order valence-corrected chi connectivity index (χ0v) is 13.4. The van der Waals surface area contributed by atoms with Gasteiger partial charge in [-0.2, -0.15) is 4.89 Å². The van der Waals surface area contributed by atoms with Crippen molar-refractivity contribution >= 4 is 0 Å². The Bertz CT molecular complexity index is 560. The van der Waals surface area contributed by atoms with Crippen LogP contribution in [0.25, 0.3) is 0 Å². The quantitative estimate of drug-likeness (QED) is 0.801. The van der Waals surface area contributed by atoms with E-state index in [0.717, 1.165) is 12.0 Å². The van der Waals surface area contributed by atoms with Gasteiger partial charge < -0.3 is 9.84 Å². The van der Waals surface area contributed by atoms with E-state index >= 15 is 0 Å². The average molecular weight is 292 g/mol. The van der Waals surface area contributed by atoms with Gasteiger partial charge in [-0.25, -0.2) is 4.89 Å². The minimum absolute atomic E-state index is 0.118. The van der Waals surface area contributed by atoms with Gasteiger partial charge in [0.05, 0.1) is 6.61 Å². The Balaban J connectivity index is 2.21. The van der Waals surface area contributed by atoms with E-state index in [9.17, 15) is 5.11 Å². The summed E-state index contributed by atoms with van der Waals surface area (Å²) in [4.78, 5) is 11.4. The molecular weight excluding hydrogens is 268 g/mol. The number of benzene rings is 1. The molecule has 0 aliphatic carbocycles. The monoisotopic (exact) mass is 292 g/mol. The molecule has 2 heterocycles. The minimum Gasteiger partial charge on any atom is -0.508 e. The highest BCUT2D eigenvalue weighted by Crippen LogP contribution is 2.68. The summed E-state index contributed by atoms with van der Waals surface area (Å²) in [6.07, 6.45) is 0.897. The molecule has 0 bridgehead atoms. The fourth-order valence-electron chi connectivity index (χ4n) is 4.19. The molecule has 3 rings (SSSR count). The summed E-state index contributed by atoms with van der Waals surface area (Å²) in [6.45, 7) is 11.4. The first kappa shape index (κ1) is 14.8. The van der Waals surface area contributed by atoms with Gasteiger partial charge in [0.15, 0.2) is 5.60 Å². The van der Waals surface area contributed by atoms with Crippen LogP contribution in [0.15, 0.2) is 24.3 Å². The molecule has 0 amide bonds. The van der Waals surface area contributed by atoms with Crippen LogP contribution < -0.4 is 0 Å². The maximum Gasteiger partial charge on any atom is 0.261 e. The van der Waals surface area contributed by atoms with Gasteiger partial charge in [-0.15, -0.1) is 0 Å². The maximum absolute atomic E-state index is 9.83. The first-order valence-corrected chi connectivity index (χ1v) is 7.47. The van der Waals surface area contributed by atoms with E-state index in [1.165, 1.54) is 0 Å². The second-order valence-electron chi connectivity index (χ2n) is 7.75. The molecular formula is C17H24O4. The lowest BCUT2D eigenvalue weighted by atomic mass is 9.53. The molecule has 0 saturated carbocycles. The van der Waals surface area contributed by atoms with Gasteiger partial charge in [-0.3, -0.25) is 0 Å². The Kier molecular flexibility index (Phi) is 2.98. The molecule has 2 fully saturated rings. The summed E-state index contributed by atoms with van der Waals surface area (Å²) in [7, 11) is 0. The molecule has 0 radical (unpaired) electrons. The molecule has 116 valence electrons. The van der Waals surface area contributed by atoms with Crippen LogP contribution in [0.3, 0.4) is 0 Å². The third-order valence-electron chi connectivity index (χ3n) is 5.02. The molecule has 4 heteroatoms. The van der Waals surface area contributed by atoms with E-state index in [0.29, 0.717) is 6.61 Å². The molecule has 2 atom stereocenters. The molecule has 1 aromatic rings. The van der Waals surface area contributed by atoms with Crippen molar-refractivity contribution in [1.29, 1.82) is 0 Å². The lowest BCUT2D eigenvalue weighted by Crippen LogP contribution is -2.79. The van der Waals surface area contributed by atoms with Crippen molar-refractivity contribution in [2.45, 2.75) is 52.4 Å². The highest BCUT2D eigenvalue weighted by atomic mass is 17.3. The smallest absolute Gasteiger partial charge is 0.261 e. The predicted molar refractivity (Wildman–Crippen MR) is 78.5 cm³/mol. The Morgan fingerprint density at radius 2 is 1.86 bits per heavy atom. The Morgan fingerprint density at radius 3 is 2.38 bits per heavy atom. The first-order valence-electron chi connectivity index (χ1n) is 7.47. The van der Waals surface area contributed by atoms with Crippen LogP contribution in [0.5, 0.6) is 5.75 Å². The molecule has 2 aliphatic heterocycles. The SMILES string of the molecule is CC(C)(C)C12OOC1(c1cccc(O)c1)OCCC2(C)C. The summed E-state index contributed by atoms with van der Waals surface area (Å²) in [5.41, 5.74) is -0.121. The summed E-state index contributed by atoms with van der Waals surface area (Å²) in [5, 5.41) is 9.83. The molecule has 1 aromatic carbocycles. The van der Waals surface area contributed by atoms with Crippen molar-refractivity contribution in [3.63, 3.8) is 0 Å². The van der Waals surface area contributed by atoms with Crippen molar-refractivity contribution in [3.8, 4) is 5.75 Å². The number of aromatic hydroxyl groups is 1. The number of hydrogen-bond acceptors (Lipinski definition) is 4. The van der Waals surface area contributed by atoms with Gasteiger partial charge in [-0.1, -0.05) is 46.8 Å². The van der Waals surface area contributed by atoms with Gasteiger partial charge in [0.25, 0.3) is 5.79 Å². The second-order valence-corrected chi connectivity index (χ2v) is 7.75. The summed E-state index contributed by atoms with van der Waals surface area (Å²) >= 11 is 0. The zero-order valence-electron chi connectivity index (χ0n) is 13.4. The van der Waals surface area contributed by atoms with Crippen LogP contribution in [0.4, 0.5) is 0 Å². The van der Waals surface area contributed by atoms with E-state index in [1.54, 1.807) is 18.2 Å². The van der Waals surface area contributed by atoms with Gasteiger partial charge >= 0.3 is 0 Å². The molecule has 21 heavy (non-hydrogen) atoms. The van der Waals surface area contributed by atoms with E-state index in [1.807, 2.05) is 6.07 Å². The fourth-order valence-corrected chi connectivity index (χ4v) is 4.19. The summed E-state index contributed by atoms with van der Waals surface area (Å²) < 4.78 is 6.11. The van der Waals surface area contributed by atoms with E-state index in [2.05, 4.69) is 34.6 Å². The highest BCUT2D eigenvalue weighted by Gasteiger charge is 2.78. The summed E-state index contributed by atoms with van der Waals surface area (Å²) in [6, 6.07) is 7.07. The molecule has 2 aliphatic rings. The fraction of sp³-hybridized carbons (Fsp3) is 0.647. The normalized spacial score (nSPS) is 34.9. The van der Waals surface area contributed by atoms with Crippen LogP contribution in [-0.2, 0) is 20.3 Å². The third-order valence-corrected chi connectivity index (χ3v) is 5.02. The Hall–Kier alpha value is -1.10. The van der Waals surface area contributed by atoms with Gasteiger partial charge in [0.1, 0.15) is 5.75 Å². The number of phenols is 1. The lowest BCUT2D eigenvalue weighted by Gasteiger charge is -2.69. The second kappa shape index (κ2) is 4.22.